The number of rotatable bonds is 8. The Balaban J connectivity index is 3.25. The van der Waals surface area contributed by atoms with E-state index < -0.39 is 10.0 Å². The zero-order chi connectivity index (χ0) is 16.0. The summed E-state index contributed by atoms with van der Waals surface area (Å²) in [7, 11) is -2.23. The van der Waals surface area contributed by atoms with Crippen LogP contribution in [0.4, 0.5) is 0 Å². The highest BCUT2D eigenvalue weighted by Crippen LogP contribution is 2.29. The van der Waals surface area contributed by atoms with E-state index in [0.717, 1.165) is 0 Å². The topological polar surface area (TPSA) is 66.8 Å². The zero-order valence-corrected chi connectivity index (χ0v) is 14.1. The number of methoxy groups -OCH3 is 1. The summed E-state index contributed by atoms with van der Waals surface area (Å²) in [6.45, 7) is 3.70. The molecule has 120 valence electrons. The Morgan fingerprint density at radius 3 is 2.38 bits per heavy atom. The van der Waals surface area contributed by atoms with E-state index in [4.69, 9.17) is 16.3 Å². The highest BCUT2D eigenvalue weighted by molar-refractivity contribution is 7.89. The molecule has 0 spiro atoms. The van der Waals surface area contributed by atoms with Crippen molar-refractivity contribution in [3.8, 4) is 5.75 Å². The first kappa shape index (κ1) is 18.2. The lowest BCUT2D eigenvalue weighted by Crippen LogP contribution is -2.41. The van der Waals surface area contributed by atoms with Crippen LogP contribution in [0.15, 0.2) is 23.1 Å². The summed E-state index contributed by atoms with van der Waals surface area (Å²) >= 11 is 6.01. The second kappa shape index (κ2) is 7.98. The third-order valence-corrected chi connectivity index (χ3v) is 5.64. The maximum Gasteiger partial charge on any atom is 0.243 e. The fraction of sp³-hybridized carbons (Fsp3) is 0.571. The Hall–Kier alpha value is -0.820. The fourth-order valence-corrected chi connectivity index (χ4v) is 4.35. The summed E-state index contributed by atoms with van der Waals surface area (Å²) in [5, 5.41) is 9.41. The molecule has 0 aliphatic carbocycles. The van der Waals surface area contributed by atoms with E-state index in [2.05, 4.69) is 0 Å². The molecular formula is C14H22ClNO4S. The van der Waals surface area contributed by atoms with Gasteiger partial charge in [0.1, 0.15) is 5.75 Å². The lowest BCUT2D eigenvalue weighted by molar-refractivity contribution is 0.219. The van der Waals surface area contributed by atoms with Crippen molar-refractivity contribution in [2.45, 2.75) is 37.6 Å². The molecule has 0 saturated heterocycles. The monoisotopic (exact) mass is 335 g/mol. The molecule has 0 heterocycles. The smallest absolute Gasteiger partial charge is 0.243 e. The van der Waals surface area contributed by atoms with Crippen LogP contribution in [0.5, 0.6) is 5.75 Å². The van der Waals surface area contributed by atoms with Gasteiger partial charge in [-0.25, -0.2) is 8.42 Å². The summed E-state index contributed by atoms with van der Waals surface area (Å²) in [5.74, 6) is 0.423. The maximum atomic E-state index is 12.7. The van der Waals surface area contributed by atoms with Crippen molar-refractivity contribution in [2.75, 3.05) is 20.3 Å². The molecule has 21 heavy (non-hydrogen) atoms. The van der Waals surface area contributed by atoms with Crippen molar-refractivity contribution in [2.24, 2.45) is 0 Å². The van der Waals surface area contributed by atoms with E-state index in [1.54, 1.807) is 0 Å². The maximum absolute atomic E-state index is 12.7. The van der Waals surface area contributed by atoms with Crippen molar-refractivity contribution >= 4 is 21.6 Å². The number of hydrogen-bond donors (Lipinski definition) is 1. The molecule has 0 saturated carbocycles. The van der Waals surface area contributed by atoms with Gasteiger partial charge >= 0.3 is 0 Å². The molecule has 1 rings (SSSR count). The molecule has 0 radical (unpaired) electrons. The van der Waals surface area contributed by atoms with Gasteiger partial charge in [0.25, 0.3) is 0 Å². The molecule has 5 nitrogen and oxygen atoms in total. The van der Waals surface area contributed by atoms with E-state index >= 15 is 0 Å². The Bertz CT molecular complexity index is 558. The summed E-state index contributed by atoms with van der Waals surface area (Å²) in [4.78, 5) is 0.105. The largest absolute Gasteiger partial charge is 0.495 e. The first-order valence-electron chi connectivity index (χ1n) is 6.88. The quantitative estimate of drug-likeness (QED) is 0.792. The third-order valence-electron chi connectivity index (χ3n) is 3.40. The summed E-state index contributed by atoms with van der Waals surface area (Å²) in [5.41, 5.74) is 0. The van der Waals surface area contributed by atoms with Crippen LogP contribution in [-0.4, -0.2) is 44.1 Å². The number of aliphatic hydroxyl groups excluding tert-OH is 1. The van der Waals surface area contributed by atoms with Gasteiger partial charge < -0.3 is 9.84 Å². The van der Waals surface area contributed by atoms with Crippen molar-refractivity contribution in [1.29, 1.82) is 0 Å². The molecule has 1 N–H and O–H groups in total. The highest BCUT2D eigenvalue weighted by atomic mass is 35.5. The molecule has 0 amide bonds. The van der Waals surface area contributed by atoms with Crippen LogP contribution in [0.1, 0.15) is 26.7 Å². The number of aliphatic hydroxyl groups is 1. The van der Waals surface area contributed by atoms with Gasteiger partial charge in [0.15, 0.2) is 0 Å². The van der Waals surface area contributed by atoms with E-state index in [0.29, 0.717) is 18.6 Å². The van der Waals surface area contributed by atoms with Gasteiger partial charge in [0, 0.05) is 12.6 Å². The normalized spacial score (nSPS) is 12.1. The highest BCUT2D eigenvalue weighted by Gasteiger charge is 2.29. The molecule has 0 fully saturated rings. The fourth-order valence-electron chi connectivity index (χ4n) is 2.24. The number of ether oxygens (including phenoxy) is 1. The number of nitrogens with zero attached hydrogens (tertiary/aromatic N) is 1. The molecule has 0 unspecified atom stereocenters. The summed E-state index contributed by atoms with van der Waals surface area (Å²) < 4.78 is 31.9. The van der Waals surface area contributed by atoms with Gasteiger partial charge in [-0.2, -0.15) is 4.31 Å². The predicted molar refractivity (Wildman–Crippen MR) is 83.4 cm³/mol. The molecule has 1 aromatic rings. The molecule has 1 aromatic carbocycles. The second-order valence-corrected chi connectivity index (χ2v) is 6.90. The number of halogens is 1. The van der Waals surface area contributed by atoms with Gasteiger partial charge in [0.05, 0.1) is 23.6 Å². The number of hydrogen-bond acceptors (Lipinski definition) is 4. The second-order valence-electron chi connectivity index (χ2n) is 4.61. The van der Waals surface area contributed by atoms with Crippen LogP contribution < -0.4 is 4.74 Å². The Morgan fingerprint density at radius 2 is 1.95 bits per heavy atom. The number of benzene rings is 1. The van der Waals surface area contributed by atoms with Crippen molar-refractivity contribution in [1.82, 2.24) is 4.31 Å². The van der Waals surface area contributed by atoms with Crippen molar-refractivity contribution in [3.63, 3.8) is 0 Å². The van der Waals surface area contributed by atoms with Gasteiger partial charge in [-0.15, -0.1) is 0 Å². The molecular weight excluding hydrogens is 314 g/mol. The summed E-state index contributed by atoms with van der Waals surface area (Å²) in [6, 6.07) is 4.22. The number of sulfonamides is 1. The minimum absolute atomic E-state index is 0.0678. The Labute approximate surface area is 131 Å². The van der Waals surface area contributed by atoms with Crippen LogP contribution in [0, 0.1) is 0 Å². The van der Waals surface area contributed by atoms with E-state index in [-0.39, 0.29) is 29.1 Å². The van der Waals surface area contributed by atoms with Crippen LogP contribution in [-0.2, 0) is 10.0 Å². The molecule has 0 aromatic heterocycles. The lowest BCUT2D eigenvalue weighted by Gasteiger charge is -2.29. The molecule has 0 aliphatic rings. The molecule has 0 aliphatic heterocycles. The van der Waals surface area contributed by atoms with Gasteiger partial charge in [-0.05, 0) is 31.0 Å². The average Bonchev–Trinajstić information content (AvgIpc) is 2.47. The van der Waals surface area contributed by atoms with E-state index in [9.17, 15) is 13.5 Å². The predicted octanol–water partition coefficient (Wildman–Crippen LogP) is 2.52. The zero-order valence-electron chi connectivity index (χ0n) is 12.5. The SMILES string of the molecule is CCC(CC)N(CCO)S(=O)(=O)c1ccc(OC)c(Cl)c1. The van der Waals surface area contributed by atoms with E-state index in [1.807, 2.05) is 13.8 Å². The molecule has 7 heteroatoms. The van der Waals surface area contributed by atoms with Crippen molar-refractivity contribution < 1.29 is 18.3 Å². The van der Waals surface area contributed by atoms with Crippen LogP contribution in [0.25, 0.3) is 0 Å². The lowest BCUT2D eigenvalue weighted by atomic mass is 10.2. The van der Waals surface area contributed by atoms with Crippen molar-refractivity contribution in [3.05, 3.63) is 23.2 Å². The Morgan fingerprint density at radius 1 is 1.33 bits per heavy atom. The van der Waals surface area contributed by atoms with Crippen LogP contribution >= 0.6 is 11.6 Å². The minimum atomic E-state index is -3.70. The van der Waals surface area contributed by atoms with Gasteiger partial charge in [-0.3, -0.25) is 0 Å². The first-order chi connectivity index (χ1) is 9.92. The molecule has 0 atom stereocenters. The minimum Gasteiger partial charge on any atom is -0.495 e. The van der Waals surface area contributed by atoms with Crippen LogP contribution in [0.2, 0.25) is 5.02 Å². The van der Waals surface area contributed by atoms with Gasteiger partial charge in [-0.1, -0.05) is 25.4 Å². The van der Waals surface area contributed by atoms with Gasteiger partial charge in [0.2, 0.25) is 10.0 Å². The van der Waals surface area contributed by atoms with Crippen LogP contribution in [0.3, 0.4) is 0 Å². The third kappa shape index (κ3) is 4.10. The average molecular weight is 336 g/mol. The first-order valence-corrected chi connectivity index (χ1v) is 8.70. The standard InChI is InChI=1S/C14H22ClNO4S/c1-4-11(5-2)16(8-9-17)21(18,19)12-6-7-14(20-3)13(15)10-12/h6-7,10-11,17H,4-5,8-9H2,1-3H3. The Kier molecular flexibility index (Phi) is 6.93. The summed E-state index contributed by atoms with van der Waals surface area (Å²) in [6.07, 6.45) is 1.36. The molecule has 0 bridgehead atoms. The van der Waals surface area contributed by atoms with E-state index in [1.165, 1.54) is 29.6 Å².